The standard InChI is InChI=1S/C19H25N3O3S/c1-13-7-9-16(10-8-13)21-26(24,25)18-15(3)20-14(2)17(18)19(23)22-11-5-4-6-12-22/h7-10,20-21H,4-6,11-12H2,1-3H3. The number of carbonyl (C=O) groups excluding carboxylic acids is 1. The van der Waals surface area contributed by atoms with Crippen LogP contribution in [0, 0.1) is 20.8 Å². The van der Waals surface area contributed by atoms with E-state index in [4.69, 9.17) is 0 Å². The number of amides is 1. The number of aryl methyl sites for hydroxylation is 3. The molecule has 0 aliphatic carbocycles. The van der Waals surface area contributed by atoms with Gasteiger partial charge in [0.15, 0.2) is 0 Å². The predicted octanol–water partition coefficient (Wildman–Crippen LogP) is 3.37. The number of aromatic amines is 1. The molecule has 2 N–H and O–H groups in total. The first-order chi connectivity index (χ1) is 12.3. The van der Waals surface area contributed by atoms with Gasteiger partial charge in [0.1, 0.15) is 4.90 Å². The summed E-state index contributed by atoms with van der Waals surface area (Å²) in [6, 6.07) is 7.11. The number of hydrogen-bond acceptors (Lipinski definition) is 3. The van der Waals surface area contributed by atoms with E-state index in [1.165, 1.54) is 0 Å². The van der Waals surface area contributed by atoms with Crippen LogP contribution in [-0.2, 0) is 10.0 Å². The molecule has 0 saturated carbocycles. The number of benzene rings is 1. The van der Waals surface area contributed by atoms with Gasteiger partial charge in [-0.1, -0.05) is 17.7 Å². The number of likely N-dealkylation sites (tertiary alicyclic amines) is 1. The Bertz CT molecular complexity index is 908. The zero-order valence-electron chi connectivity index (χ0n) is 15.4. The second-order valence-electron chi connectivity index (χ2n) is 6.90. The molecule has 0 atom stereocenters. The van der Waals surface area contributed by atoms with Gasteiger partial charge in [0, 0.05) is 30.2 Å². The minimum Gasteiger partial charge on any atom is -0.361 e. The van der Waals surface area contributed by atoms with Crippen molar-refractivity contribution in [2.24, 2.45) is 0 Å². The summed E-state index contributed by atoms with van der Waals surface area (Å²) < 4.78 is 28.6. The summed E-state index contributed by atoms with van der Waals surface area (Å²) >= 11 is 0. The normalized spacial score (nSPS) is 15.1. The average Bonchev–Trinajstić information content (AvgIpc) is 2.92. The fourth-order valence-corrected chi connectivity index (χ4v) is 4.95. The minimum absolute atomic E-state index is 0.0474. The minimum atomic E-state index is -3.88. The highest BCUT2D eigenvalue weighted by molar-refractivity contribution is 7.92. The average molecular weight is 375 g/mol. The SMILES string of the molecule is Cc1ccc(NS(=O)(=O)c2c(C)[nH]c(C)c2C(=O)N2CCCCC2)cc1. The van der Waals surface area contributed by atoms with Gasteiger partial charge >= 0.3 is 0 Å². The molecule has 2 aromatic rings. The lowest BCUT2D eigenvalue weighted by atomic mass is 10.1. The lowest BCUT2D eigenvalue weighted by Crippen LogP contribution is -2.36. The van der Waals surface area contributed by atoms with E-state index in [0.717, 1.165) is 24.8 Å². The van der Waals surface area contributed by atoms with Crippen LogP contribution in [0.25, 0.3) is 0 Å². The van der Waals surface area contributed by atoms with Gasteiger partial charge in [-0.15, -0.1) is 0 Å². The molecule has 1 fully saturated rings. The van der Waals surface area contributed by atoms with Gasteiger partial charge in [-0.2, -0.15) is 0 Å². The van der Waals surface area contributed by atoms with E-state index in [1.807, 2.05) is 19.1 Å². The van der Waals surface area contributed by atoms with Crippen LogP contribution in [0.2, 0.25) is 0 Å². The zero-order valence-corrected chi connectivity index (χ0v) is 16.2. The van der Waals surface area contributed by atoms with Crippen molar-refractivity contribution >= 4 is 21.6 Å². The monoisotopic (exact) mass is 375 g/mol. The van der Waals surface area contributed by atoms with E-state index in [9.17, 15) is 13.2 Å². The van der Waals surface area contributed by atoms with Crippen LogP contribution in [0.3, 0.4) is 0 Å². The number of nitrogens with zero attached hydrogens (tertiary/aromatic N) is 1. The molecule has 1 aromatic heterocycles. The summed E-state index contributed by atoms with van der Waals surface area (Å²) in [6.07, 6.45) is 3.02. The molecule has 7 heteroatoms. The second kappa shape index (κ2) is 7.15. The molecule has 1 aliphatic heterocycles. The summed E-state index contributed by atoms with van der Waals surface area (Å²) in [5.41, 5.74) is 2.83. The van der Waals surface area contributed by atoms with Crippen molar-refractivity contribution in [2.75, 3.05) is 17.8 Å². The van der Waals surface area contributed by atoms with E-state index in [1.54, 1.807) is 30.9 Å². The van der Waals surface area contributed by atoms with Crippen molar-refractivity contribution in [1.82, 2.24) is 9.88 Å². The molecule has 140 valence electrons. The fourth-order valence-electron chi connectivity index (χ4n) is 3.43. The van der Waals surface area contributed by atoms with E-state index < -0.39 is 10.0 Å². The van der Waals surface area contributed by atoms with Crippen LogP contribution >= 0.6 is 0 Å². The summed E-state index contributed by atoms with van der Waals surface area (Å²) in [5.74, 6) is -0.212. The van der Waals surface area contributed by atoms with Gasteiger partial charge < -0.3 is 9.88 Å². The third-order valence-corrected chi connectivity index (χ3v) is 6.30. The molecule has 1 aromatic carbocycles. The molecule has 26 heavy (non-hydrogen) atoms. The lowest BCUT2D eigenvalue weighted by molar-refractivity contribution is 0.0720. The Morgan fingerprint density at radius 2 is 1.62 bits per heavy atom. The molecular formula is C19H25N3O3S. The first-order valence-electron chi connectivity index (χ1n) is 8.87. The number of H-pyrrole nitrogens is 1. The molecule has 1 amide bonds. The van der Waals surface area contributed by atoms with Crippen LogP contribution < -0.4 is 4.72 Å². The summed E-state index contributed by atoms with van der Waals surface area (Å²) in [4.78, 5) is 17.8. The van der Waals surface area contributed by atoms with Crippen LogP contribution in [0.15, 0.2) is 29.2 Å². The molecule has 0 spiro atoms. The van der Waals surface area contributed by atoms with Gasteiger partial charge in [-0.25, -0.2) is 8.42 Å². The molecule has 0 unspecified atom stereocenters. The lowest BCUT2D eigenvalue weighted by Gasteiger charge is -2.27. The highest BCUT2D eigenvalue weighted by Gasteiger charge is 2.31. The third kappa shape index (κ3) is 3.62. The Labute approximate surface area is 154 Å². The Balaban J connectivity index is 1.98. The van der Waals surface area contributed by atoms with E-state index >= 15 is 0 Å². The number of anilines is 1. The molecule has 6 nitrogen and oxygen atoms in total. The molecular weight excluding hydrogens is 350 g/mol. The van der Waals surface area contributed by atoms with Gasteiger partial charge in [-0.05, 0) is 52.2 Å². The smallest absolute Gasteiger partial charge is 0.264 e. The number of aromatic nitrogens is 1. The van der Waals surface area contributed by atoms with Gasteiger partial charge in [0.2, 0.25) is 0 Å². The maximum Gasteiger partial charge on any atom is 0.264 e. The van der Waals surface area contributed by atoms with Crippen molar-refractivity contribution in [1.29, 1.82) is 0 Å². The van der Waals surface area contributed by atoms with E-state index in [2.05, 4.69) is 9.71 Å². The Kier molecular flexibility index (Phi) is 5.09. The van der Waals surface area contributed by atoms with Crippen molar-refractivity contribution < 1.29 is 13.2 Å². The predicted molar refractivity (Wildman–Crippen MR) is 102 cm³/mol. The van der Waals surface area contributed by atoms with Gasteiger partial charge in [-0.3, -0.25) is 9.52 Å². The van der Waals surface area contributed by atoms with Crippen LogP contribution in [0.4, 0.5) is 5.69 Å². The van der Waals surface area contributed by atoms with Crippen LogP contribution in [0.1, 0.15) is 46.6 Å². The number of hydrogen-bond donors (Lipinski definition) is 2. The molecule has 0 radical (unpaired) electrons. The maximum absolute atomic E-state index is 13.0. The highest BCUT2D eigenvalue weighted by Crippen LogP contribution is 2.28. The number of piperidine rings is 1. The van der Waals surface area contributed by atoms with Gasteiger partial charge in [0.05, 0.1) is 5.56 Å². The fraction of sp³-hybridized carbons (Fsp3) is 0.421. The number of carbonyl (C=O) groups is 1. The Morgan fingerprint density at radius 3 is 2.23 bits per heavy atom. The van der Waals surface area contributed by atoms with Crippen molar-refractivity contribution in [2.45, 2.75) is 44.9 Å². The Morgan fingerprint density at radius 1 is 1.00 bits per heavy atom. The first kappa shape index (κ1) is 18.5. The Hall–Kier alpha value is -2.28. The molecule has 1 aliphatic rings. The van der Waals surface area contributed by atoms with Crippen LogP contribution in [-0.4, -0.2) is 37.3 Å². The van der Waals surface area contributed by atoms with Crippen molar-refractivity contribution in [3.05, 3.63) is 46.8 Å². The second-order valence-corrected chi connectivity index (χ2v) is 8.52. The first-order valence-corrected chi connectivity index (χ1v) is 10.4. The van der Waals surface area contributed by atoms with Crippen molar-refractivity contribution in [3.8, 4) is 0 Å². The topological polar surface area (TPSA) is 82.3 Å². The zero-order chi connectivity index (χ0) is 18.9. The summed E-state index contributed by atoms with van der Waals surface area (Å²) in [6.45, 7) is 6.72. The number of nitrogens with one attached hydrogen (secondary N) is 2. The molecule has 2 heterocycles. The molecule has 3 rings (SSSR count). The summed E-state index contributed by atoms with van der Waals surface area (Å²) in [5, 5.41) is 0. The summed E-state index contributed by atoms with van der Waals surface area (Å²) in [7, 11) is -3.88. The van der Waals surface area contributed by atoms with Gasteiger partial charge in [0.25, 0.3) is 15.9 Å². The van der Waals surface area contributed by atoms with E-state index in [0.29, 0.717) is 30.2 Å². The van der Waals surface area contributed by atoms with E-state index in [-0.39, 0.29) is 16.4 Å². The van der Waals surface area contributed by atoms with Crippen LogP contribution in [0.5, 0.6) is 0 Å². The quantitative estimate of drug-likeness (QED) is 0.859. The number of rotatable bonds is 4. The van der Waals surface area contributed by atoms with Crippen molar-refractivity contribution in [3.63, 3.8) is 0 Å². The molecule has 1 saturated heterocycles. The third-order valence-electron chi connectivity index (χ3n) is 4.75. The maximum atomic E-state index is 13.0. The number of sulfonamides is 1. The largest absolute Gasteiger partial charge is 0.361 e. The molecule has 0 bridgehead atoms. The highest BCUT2D eigenvalue weighted by atomic mass is 32.2.